The first-order chi connectivity index (χ1) is 5.70. The lowest BCUT2D eigenvalue weighted by Gasteiger charge is -2.01. The highest BCUT2D eigenvalue weighted by atomic mass is 16.5. The lowest BCUT2D eigenvalue weighted by atomic mass is 10.2. The van der Waals surface area contributed by atoms with Crippen LogP contribution in [0.25, 0.3) is 0 Å². The van der Waals surface area contributed by atoms with E-state index in [1.807, 2.05) is 0 Å². The van der Waals surface area contributed by atoms with Gasteiger partial charge in [-0.3, -0.25) is 4.79 Å². The summed E-state index contributed by atoms with van der Waals surface area (Å²) >= 11 is 0. The van der Waals surface area contributed by atoms with E-state index in [2.05, 4.69) is 5.92 Å². The Bertz CT molecular complexity index is 216. The summed E-state index contributed by atoms with van der Waals surface area (Å²) < 4.78 is 4.77. The molecular weight excluding hydrogens is 156 g/mol. The van der Waals surface area contributed by atoms with Crippen molar-refractivity contribution in [3.8, 4) is 12.3 Å². The van der Waals surface area contributed by atoms with E-state index in [0.717, 1.165) is 0 Å². The molecule has 1 aliphatic carbocycles. The molecule has 3 heteroatoms. The van der Waals surface area contributed by atoms with E-state index < -0.39 is 6.10 Å². The van der Waals surface area contributed by atoms with Gasteiger partial charge in [-0.15, -0.1) is 6.42 Å². The predicted octanol–water partition coefficient (Wildman–Crippen LogP) is 0.180. The first-order valence-corrected chi connectivity index (χ1v) is 4.01. The molecule has 1 fully saturated rings. The van der Waals surface area contributed by atoms with Crippen LogP contribution in [0.1, 0.15) is 13.3 Å². The monoisotopic (exact) mass is 168 g/mol. The molecule has 0 bridgehead atoms. The minimum atomic E-state index is -0.792. The zero-order chi connectivity index (χ0) is 9.14. The lowest BCUT2D eigenvalue weighted by Crippen LogP contribution is -2.13. The fourth-order valence-electron chi connectivity index (χ4n) is 1.21. The van der Waals surface area contributed by atoms with Crippen molar-refractivity contribution < 1.29 is 14.6 Å². The SMILES string of the molecule is C#CC(O)[C@@H]1C[C@H]1C(=O)OCC. The fourth-order valence-corrected chi connectivity index (χ4v) is 1.21. The van der Waals surface area contributed by atoms with Crippen molar-refractivity contribution in [3.05, 3.63) is 0 Å². The van der Waals surface area contributed by atoms with Crippen molar-refractivity contribution in [1.29, 1.82) is 0 Å². The van der Waals surface area contributed by atoms with Crippen LogP contribution in [0.5, 0.6) is 0 Å². The molecule has 0 spiro atoms. The number of hydrogen-bond donors (Lipinski definition) is 1. The zero-order valence-corrected chi connectivity index (χ0v) is 6.99. The minimum absolute atomic E-state index is 0.0750. The Hall–Kier alpha value is -1.01. The maximum Gasteiger partial charge on any atom is 0.309 e. The molecule has 3 nitrogen and oxygen atoms in total. The average Bonchev–Trinajstić information content (AvgIpc) is 2.82. The number of carbonyl (C=O) groups is 1. The van der Waals surface area contributed by atoms with E-state index in [-0.39, 0.29) is 17.8 Å². The van der Waals surface area contributed by atoms with Crippen LogP contribution in [-0.4, -0.2) is 23.8 Å². The molecule has 0 aromatic heterocycles. The molecule has 1 saturated carbocycles. The first-order valence-electron chi connectivity index (χ1n) is 4.01. The number of terminal acetylenes is 1. The third-order valence-electron chi connectivity index (χ3n) is 2.01. The second-order valence-corrected chi connectivity index (χ2v) is 2.87. The average molecular weight is 168 g/mol. The van der Waals surface area contributed by atoms with Crippen LogP contribution < -0.4 is 0 Å². The van der Waals surface area contributed by atoms with Crippen LogP contribution in [0.3, 0.4) is 0 Å². The molecule has 0 aromatic carbocycles. The van der Waals surface area contributed by atoms with E-state index in [9.17, 15) is 4.79 Å². The molecule has 0 heterocycles. The predicted molar refractivity (Wildman–Crippen MR) is 43.1 cm³/mol. The van der Waals surface area contributed by atoms with Gasteiger partial charge in [0.25, 0.3) is 0 Å². The maximum absolute atomic E-state index is 11.0. The summed E-state index contributed by atoms with van der Waals surface area (Å²) in [5.74, 6) is 1.72. The molecule has 12 heavy (non-hydrogen) atoms. The van der Waals surface area contributed by atoms with Crippen LogP contribution in [-0.2, 0) is 9.53 Å². The van der Waals surface area contributed by atoms with Gasteiger partial charge in [-0.2, -0.15) is 0 Å². The summed E-state index contributed by atoms with van der Waals surface area (Å²) in [5.41, 5.74) is 0. The number of ether oxygens (including phenoxy) is 1. The van der Waals surface area contributed by atoms with Crippen LogP contribution in [0.2, 0.25) is 0 Å². The van der Waals surface area contributed by atoms with Crippen molar-refractivity contribution in [3.63, 3.8) is 0 Å². The van der Waals surface area contributed by atoms with Crippen molar-refractivity contribution in [2.75, 3.05) is 6.61 Å². The molecule has 3 atom stereocenters. The summed E-state index contributed by atoms with van der Waals surface area (Å²) in [5, 5.41) is 9.14. The molecule has 1 unspecified atom stereocenters. The van der Waals surface area contributed by atoms with E-state index in [1.54, 1.807) is 6.92 Å². The van der Waals surface area contributed by atoms with Gasteiger partial charge in [0.2, 0.25) is 0 Å². The second kappa shape index (κ2) is 3.59. The molecule has 1 rings (SSSR count). The Labute approximate surface area is 71.7 Å². The van der Waals surface area contributed by atoms with Gasteiger partial charge in [-0.25, -0.2) is 0 Å². The smallest absolute Gasteiger partial charge is 0.309 e. The zero-order valence-electron chi connectivity index (χ0n) is 6.99. The molecule has 0 aliphatic heterocycles. The Morgan fingerprint density at radius 1 is 1.92 bits per heavy atom. The molecular formula is C9H12O3. The van der Waals surface area contributed by atoms with E-state index in [4.69, 9.17) is 16.3 Å². The number of aliphatic hydroxyl groups excluding tert-OH is 1. The van der Waals surface area contributed by atoms with Gasteiger partial charge in [0.05, 0.1) is 12.5 Å². The molecule has 1 aliphatic rings. The van der Waals surface area contributed by atoms with Gasteiger partial charge in [-0.05, 0) is 13.3 Å². The summed E-state index contributed by atoms with van der Waals surface area (Å²) in [6.45, 7) is 2.14. The first kappa shape index (κ1) is 9.08. The number of aliphatic hydroxyl groups is 1. The highest BCUT2D eigenvalue weighted by Crippen LogP contribution is 2.41. The number of carbonyl (C=O) groups excluding carboxylic acids is 1. The fraction of sp³-hybridized carbons (Fsp3) is 0.667. The normalized spacial score (nSPS) is 28.8. The summed E-state index contributed by atoms with van der Waals surface area (Å²) in [6.07, 6.45) is 4.86. The van der Waals surface area contributed by atoms with Crippen molar-refractivity contribution >= 4 is 5.97 Å². The summed E-state index contributed by atoms with van der Waals surface area (Å²) in [4.78, 5) is 11.0. The van der Waals surface area contributed by atoms with E-state index in [0.29, 0.717) is 13.0 Å². The van der Waals surface area contributed by atoms with Crippen molar-refractivity contribution in [1.82, 2.24) is 0 Å². The third kappa shape index (κ3) is 1.77. The Morgan fingerprint density at radius 2 is 2.58 bits per heavy atom. The Morgan fingerprint density at radius 3 is 3.08 bits per heavy atom. The third-order valence-corrected chi connectivity index (χ3v) is 2.01. The molecule has 0 saturated heterocycles. The van der Waals surface area contributed by atoms with Gasteiger partial charge in [0.15, 0.2) is 0 Å². The Kier molecular flexibility index (Phi) is 2.72. The van der Waals surface area contributed by atoms with Crippen LogP contribution in [0.15, 0.2) is 0 Å². The second-order valence-electron chi connectivity index (χ2n) is 2.87. The summed E-state index contributed by atoms with van der Waals surface area (Å²) in [7, 11) is 0. The van der Waals surface area contributed by atoms with Crippen LogP contribution >= 0.6 is 0 Å². The topological polar surface area (TPSA) is 46.5 Å². The van der Waals surface area contributed by atoms with Gasteiger partial charge in [0.1, 0.15) is 6.10 Å². The van der Waals surface area contributed by atoms with Gasteiger partial charge < -0.3 is 9.84 Å². The molecule has 0 amide bonds. The lowest BCUT2D eigenvalue weighted by molar-refractivity contribution is -0.145. The molecule has 0 radical (unpaired) electrons. The molecule has 0 aromatic rings. The number of hydrogen-bond acceptors (Lipinski definition) is 3. The largest absolute Gasteiger partial charge is 0.466 e. The maximum atomic E-state index is 11.0. The standard InChI is InChI=1S/C9H12O3/c1-3-8(10)6-5-7(6)9(11)12-4-2/h1,6-8,10H,4-5H2,2H3/t6-,7-,8?/m1/s1. The van der Waals surface area contributed by atoms with Gasteiger partial charge in [0, 0.05) is 5.92 Å². The van der Waals surface area contributed by atoms with Gasteiger partial charge in [-0.1, -0.05) is 5.92 Å². The highest BCUT2D eigenvalue weighted by molar-refractivity contribution is 5.76. The van der Waals surface area contributed by atoms with Crippen molar-refractivity contribution in [2.45, 2.75) is 19.4 Å². The number of rotatable bonds is 3. The van der Waals surface area contributed by atoms with Crippen molar-refractivity contribution in [2.24, 2.45) is 11.8 Å². The quantitative estimate of drug-likeness (QED) is 0.483. The minimum Gasteiger partial charge on any atom is -0.466 e. The van der Waals surface area contributed by atoms with Crippen LogP contribution in [0.4, 0.5) is 0 Å². The summed E-state index contributed by atoms with van der Waals surface area (Å²) in [6, 6.07) is 0. The van der Waals surface area contributed by atoms with Crippen LogP contribution in [0, 0.1) is 24.2 Å². The number of esters is 1. The molecule has 66 valence electrons. The van der Waals surface area contributed by atoms with E-state index in [1.165, 1.54) is 0 Å². The molecule has 1 N–H and O–H groups in total. The van der Waals surface area contributed by atoms with E-state index >= 15 is 0 Å². The van der Waals surface area contributed by atoms with Gasteiger partial charge >= 0.3 is 5.97 Å². The Balaban J connectivity index is 2.33. The highest BCUT2D eigenvalue weighted by Gasteiger charge is 2.47.